The highest BCUT2D eigenvalue weighted by atomic mass is 35.5. The van der Waals surface area contributed by atoms with Gasteiger partial charge in [-0.2, -0.15) is 4.98 Å². The van der Waals surface area contributed by atoms with Crippen LogP contribution in [0.2, 0.25) is 10.0 Å². The van der Waals surface area contributed by atoms with Crippen LogP contribution in [0.4, 0.5) is 23.1 Å². The first kappa shape index (κ1) is 17.3. The zero-order valence-electron chi connectivity index (χ0n) is 13.7. The number of halogens is 2. The zero-order valence-corrected chi connectivity index (χ0v) is 15.2. The maximum absolute atomic E-state index is 6.15. The van der Waals surface area contributed by atoms with Crippen molar-refractivity contribution in [2.75, 3.05) is 17.7 Å². The van der Waals surface area contributed by atoms with E-state index < -0.39 is 0 Å². The normalized spacial score (nSPS) is 10.4. The number of aromatic nitrogens is 2. The number of hydrogen-bond donors (Lipinski definition) is 2. The summed E-state index contributed by atoms with van der Waals surface area (Å²) < 4.78 is 5.37. The summed E-state index contributed by atoms with van der Waals surface area (Å²) >= 11 is 12.3. The van der Waals surface area contributed by atoms with Crippen molar-refractivity contribution >= 4 is 46.3 Å². The van der Waals surface area contributed by atoms with Gasteiger partial charge < -0.3 is 15.4 Å². The van der Waals surface area contributed by atoms with E-state index in [9.17, 15) is 0 Å². The lowest BCUT2D eigenvalue weighted by molar-refractivity contribution is 0.416. The molecule has 5 nitrogen and oxygen atoms in total. The van der Waals surface area contributed by atoms with Crippen LogP contribution in [0.25, 0.3) is 0 Å². The van der Waals surface area contributed by atoms with Gasteiger partial charge in [-0.3, -0.25) is 0 Å². The number of ether oxygens (including phenoxy) is 1. The summed E-state index contributed by atoms with van der Waals surface area (Å²) in [6.45, 7) is 1.93. The molecule has 0 aliphatic heterocycles. The molecule has 0 saturated carbocycles. The van der Waals surface area contributed by atoms with Crippen LogP contribution in [0.3, 0.4) is 0 Å². The predicted molar refractivity (Wildman–Crippen MR) is 103 cm³/mol. The van der Waals surface area contributed by atoms with Gasteiger partial charge in [0.15, 0.2) is 0 Å². The number of nitrogens with zero attached hydrogens (tertiary/aromatic N) is 2. The molecule has 2 N–H and O–H groups in total. The number of methoxy groups -OCH3 is 1. The minimum Gasteiger partial charge on any atom is -0.495 e. The fourth-order valence-corrected chi connectivity index (χ4v) is 2.58. The Morgan fingerprint density at radius 2 is 1.76 bits per heavy atom. The van der Waals surface area contributed by atoms with Gasteiger partial charge in [0.2, 0.25) is 5.95 Å². The number of nitrogens with one attached hydrogen (secondary N) is 2. The third kappa shape index (κ3) is 4.13. The molecule has 0 bridgehead atoms. The Bertz CT molecular complexity index is 902. The van der Waals surface area contributed by atoms with Gasteiger partial charge in [-0.1, -0.05) is 35.3 Å². The molecule has 0 radical (unpaired) electrons. The van der Waals surface area contributed by atoms with Crippen molar-refractivity contribution in [2.45, 2.75) is 6.92 Å². The Kier molecular flexibility index (Phi) is 5.26. The van der Waals surface area contributed by atoms with Crippen LogP contribution in [-0.2, 0) is 0 Å². The molecule has 1 aromatic heterocycles. The number of anilines is 4. The molecule has 0 fully saturated rings. The third-order valence-corrected chi connectivity index (χ3v) is 4.26. The monoisotopic (exact) mass is 374 g/mol. The fourth-order valence-electron chi connectivity index (χ4n) is 2.24. The number of benzene rings is 2. The van der Waals surface area contributed by atoms with Crippen molar-refractivity contribution < 1.29 is 4.74 Å². The highest BCUT2D eigenvalue weighted by Gasteiger charge is 2.09. The van der Waals surface area contributed by atoms with Crippen LogP contribution < -0.4 is 15.4 Å². The first-order chi connectivity index (χ1) is 12.1. The summed E-state index contributed by atoms with van der Waals surface area (Å²) in [6, 6.07) is 12.8. The van der Waals surface area contributed by atoms with Crippen molar-refractivity contribution in [1.82, 2.24) is 9.97 Å². The van der Waals surface area contributed by atoms with Crippen LogP contribution in [0.15, 0.2) is 48.7 Å². The van der Waals surface area contributed by atoms with Gasteiger partial charge in [0, 0.05) is 17.3 Å². The minimum atomic E-state index is 0.433. The molecular weight excluding hydrogens is 359 g/mol. The Morgan fingerprint density at radius 3 is 2.52 bits per heavy atom. The van der Waals surface area contributed by atoms with Gasteiger partial charge in [0.25, 0.3) is 0 Å². The summed E-state index contributed by atoms with van der Waals surface area (Å²) in [5, 5.41) is 7.57. The average Bonchev–Trinajstić information content (AvgIpc) is 2.60. The highest BCUT2D eigenvalue weighted by Crippen LogP contribution is 2.33. The van der Waals surface area contributed by atoms with Crippen LogP contribution in [-0.4, -0.2) is 17.1 Å². The van der Waals surface area contributed by atoms with E-state index in [0.717, 1.165) is 16.9 Å². The molecule has 128 valence electrons. The summed E-state index contributed by atoms with van der Waals surface area (Å²) in [6.07, 6.45) is 1.66. The fraction of sp³-hybridized carbons (Fsp3) is 0.111. The average molecular weight is 375 g/mol. The first-order valence-corrected chi connectivity index (χ1v) is 8.28. The van der Waals surface area contributed by atoms with Gasteiger partial charge in [-0.05, 0) is 36.8 Å². The van der Waals surface area contributed by atoms with E-state index in [0.29, 0.717) is 27.6 Å². The second-order valence-electron chi connectivity index (χ2n) is 5.30. The van der Waals surface area contributed by atoms with Crippen molar-refractivity contribution in [1.29, 1.82) is 0 Å². The quantitative estimate of drug-likeness (QED) is 0.609. The number of hydrogen-bond acceptors (Lipinski definition) is 5. The van der Waals surface area contributed by atoms with Crippen LogP contribution in [0.5, 0.6) is 5.75 Å². The molecule has 0 amide bonds. The second-order valence-corrected chi connectivity index (χ2v) is 6.11. The second kappa shape index (κ2) is 7.59. The molecule has 2 aromatic carbocycles. The van der Waals surface area contributed by atoms with E-state index in [1.807, 2.05) is 31.2 Å². The lowest BCUT2D eigenvalue weighted by Crippen LogP contribution is -2.02. The van der Waals surface area contributed by atoms with Gasteiger partial charge >= 0.3 is 0 Å². The molecule has 0 aliphatic rings. The molecule has 3 rings (SSSR count). The predicted octanol–water partition coefficient (Wildman–Crippen LogP) is 5.59. The summed E-state index contributed by atoms with van der Waals surface area (Å²) in [5.74, 6) is 1.68. The minimum absolute atomic E-state index is 0.433. The van der Waals surface area contributed by atoms with Crippen LogP contribution >= 0.6 is 23.2 Å². The Labute approximate surface area is 156 Å². The standard InChI is InChI=1S/C18H16Cl2N4O/c1-11-9-15(16(25-2)10-13(11)20)22-17-7-8-21-18(24-17)23-14-6-4-3-5-12(14)19/h3-10H,1-2H3,(H2,21,22,23,24). The molecular formula is C18H16Cl2N4O. The maximum Gasteiger partial charge on any atom is 0.229 e. The van der Waals surface area contributed by atoms with Crippen molar-refractivity contribution in [3.63, 3.8) is 0 Å². The molecule has 0 atom stereocenters. The summed E-state index contributed by atoms with van der Waals surface area (Å²) in [7, 11) is 1.59. The summed E-state index contributed by atoms with van der Waals surface area (Å²) in [5.41, 5.74) is 2.45. The van der Waals surface area contributed by atoms with E-state index in [-0.39, 0.29) is 0 Å². The maximum atomic E-state index is 6.15. The van der Waals surface area contributed by atoms with Crippen molar-refractivity contribution in [2.24, 2.45) is 0 Å². The number of aryl methyl sites for hydroxylation is 1. The van der Waals surface area contributed by atoms with Crippen molar-refractivity contribution in [3.05, 3.63) is 64.3 Å². The molecule has 25 heavy (non-hydrogen) atoms. The molecule has 0 unspecified atom stereocenters. The third-order valence-electron chi connectivity index (χ3n) is 3.52. The highest BCUT2D eigenvalue weighted by molar-refractivity contribution is 6.33. The Balaban J connectivity index is 1.85. The lowest BCUT2D eigenvalue weighted by atomic mass is 10.2. The summed E-state index contributed by atoms with van der Waals surface area (Å²) in [4.78, 5) is 8.67. The van der Waals surface area contributed by atoms with E-state index >= 15 is 0 Å². The molecule has 0 aliphatic carbocycles. The van der Waals surface area contributed by atoms with Gasteiger partial charge in [0.05, 0.1) is 23.5 Å². The van der Waals surface area contributed by atoms with E-state index in [1.165, 1.54) is 0 Å². The lowest BCUT2D eigenvalue weighted by Gasteiger charge is -2.13. The topological polar surface area (TPSA) is 59.1 Å². The molecule has 7 heteroatoms. The van der Waals surface area contributed by atoms with Gasteiger partial charge in [-0.25, -0.2) is 4.98 Å². The Morgan fingerprint density at radius 1 is 0.960 bits per heavy atom. The number of rotatable bonds is 5. The van der Waals surface area contributed by atoms with E-state index in [4.69, 9.17) is 27.9 Å². The molecule has 1 heterocycles. The largest absolute Gasteiger partial charge is 0.495 e. The first-order valence-electron chi connectivity index (χ1n) is 7.52. The SMILES string of the molecule is COc1cc(Cl)c(C)cc1Nc1ccnc(Nc2ccccc2Cl)n1. The number of para-hydroxylation sites is 1. The smallest absolute Gasteiger partial charge is 0.229 e. The van der Waals surface area contributed by atoms with E-state index in [2.05, 4.69) is 20.6 Å². The molecule has 0 spiro atoms. The van der Waals surface area contributed by atoms with E-state index in [1.54, 1.807) is 31.5 Å². The Hall–Kier alpha value is -2.50. The van der Waals surface area contributed by atoms with Crippen LogP contribution in [0.1, 0.15) is 5.56 Å². The molecule has 3 aromatic rings. The van der Waals surface area contributed by atoms with Crippen molar-refractivity contribution in [3.8, 4) is 5.75 Å². The molecule has 0 saturated heterocycles. The van der Waals surface area contributed by atoms with Gasteiger partial charge in [0.1, 0.15) is 11.6 Å². The van der Waals surface area contributed by atoms with Crippen LogP contribution in [0, 0.1) is 6.92 Å². The van der Waals surface area contributed by atoms with Gasteiger partial charge in [-0.15, -0.1) is 0 Å². The zero-order chi connectivity index (χ0) is 17.8.